The highest BCUT2D eigenvalue weighted by molar-refractivity contribution is 5.96. The van der Waals surface area contributed by atoms with Gasteiger partial charge in [-0.05, 0) is 70.6 Å². The summed E-state index contributed by atoms with van der Waals surface area (Å²) in [6.07, 6.45) is 6.04. The lowest BCUT2D eigenvalue weighted by Crippen LogP contribution is -2.58. The summed E-state index contributed by atoms with van der Waals surface area (Å²) in [5.41, 5.74) is 3.07. The van der Waals surface area contributed by atoms with Crippen LogP contribution in [0.3, 0.4) is 0 Å². The van der Waals surface area contributed by atoms with Crippen molar-refractivity contribution in [3.8, 4) is 0 Å². The maximum absolute atomic E-state index is 14.6. The molecule has 5 rings (SSSR count). The first-order valence-electron chi connectivity index (χ1n) is 14.3. The van der Waals surface area contributed by atoms with Crippen molar-refractivity contribution < 1.29 is 18.7 Å². The van der Waals surface area contributed by atoms with Crippen LogP contribution in [0.25, 0.3) is 0 Å². The summed E-state index contributed by atoms with van der Waals surface area (Å²) in [6.45, 7) is 10.8. The van der Waals surface area contributed by atoms with E-state index >= 15 is 0 Å². The third-order valence-electron chi connectivity index (χ3n) is 9.22. The lowest BCUT2D eigenvalue weighted by Gasteiger charge is -2.50. The van der Waals surface area contributed by atoms with Crippen molar-refractivity contribution in [2.45, 2.75) is 71.0 Å². The van der Waals surface area contributed by atoms with Crippen LogP contribution in [0.15, 0.2) is 36.5 Å². The average molecular weight is 537 g/mol. The van der Waals surface area contributed by atoms with Gasteiger partial charge in [0.05, 0.1) is 23.8 Å². The van der Waals surface area contributed by atoms with Crippen molar-refractivity contribution in [1.29, 1.82) is 0 Å². The lowest BCUT2D eigenvalue weighted by atomic mass is 9.85. The molecule has 0 bridgehead atoms. The van der Waals surface area contributed by atoms with Crippen LogP contribution in [-0.4, -0.2) is 82.5 Å². The molecule has 3 aliphatic rings. The monoisotopic (exact) mass is 536 g/mol. The normalized spacial score (nSPS) is 22.2. The molecule has 1 unspecified atom stereocenters. The largest absolute Gasteiger partial charge is 0.381 e. The topological polar surface area (TPSA) is 66.0 Å². The summed E-state index contributed by atoms with van der Waals surface area (Å²) in [6, 6.07) is 8.74. The Morgan fingerprint density at radius 3 is 2.44 bits per heavy atom. The van der Waals surface area contributed by atoms with Gasteiger partial charge in [-0.25, -0.2) is 4.39 Å². The number of hydrogen-bond acceptors (Lipinski definition) is 5. The molecule has 0 saturated carbocycles. The molecule has 3 aliphatic heterocycles. The van der Waals surface area contributed by atoms with Gasteiger partial charge >= 0.3 is 0 Å². The Bertz CT molecular complexity index is 1160. The van der Waals surface area contributed by atoms with Crippen LogP contribution in [0.2, 0.25) is 0 Å². The molecule has 0 spiro atoms. The first-order valence-corrected chi connectivity index (χ1v) is 14.3. The number of carbonyl (C=O) groups excluding carboxylic acids is 2. The number of likely N-dealkylation sites (tertiary alicyclic amines) is 2. The van der Waals surface area contributed by atoms with E-state index in [9.17, 15) is 14.0 Å². The van der Waals surface area contributed by atoms with Crippen LogP contribution in [0, 0.1) is 25.6 Å². The number of ether oxygens (including phenoxy) is 1. The minimum absolute atomic E-state index is 0.0143. The van der Waals surface area contributed by atoms with E-state index < -0.39 is 0 Å². The van der Waals surface area contributed by atoms with Gasteiger partial charge in [-0.1, -0.05) is 18.2 Å². The SMILES string of the molecule is Cc1ccnc(C)c1C(=O)N1CCC(C)(N2CCC(N(Cc3ccccc3F)C(=O)C3CCOC3)CC2)CC1. The highest BCUT2D eigenvalue weighted by Gasteiger charge is 2.41. The predicted molar refractivity (Wildman–Crippen MR) is 148 cm³/mol. The Morgan fingerprint density at radius 2 is 1.79 bits per heavy atom. The fourth-order valence-electron chi connectivity index (χ4n) is 6.56. The number of pyridine rings is 1. The number of halogens is 1. The predicted octanol–water partition coefficient (Wildman–Crippen LogP) is 4.36. The van der Waals surface area contributed by atoms with E-state index in [1.165, 1.54) is 6.07 Å². The third-order valence-corrected chi connectivity index (χ3v) is 9.22. The Morgan fingerprint density at radius 1 is 1.08 bits per heavy atom. The molecule has 0 radical (unpaired) electrons. The number of amides is 2. The van der Waals surface area contributed by atoms with Gasteiger partial charge in [-0.2, -0.15) is 0 Å². The molecule has 1 aromatic carbocycles. The molecular weight excluding hydrogens is 495 g/mol. The number of aromatic nitrogens is 1. The number of carbonyl (C=O) groups is 2. The van der Waals surface area contributed by atoms with Crippen LogP contribution >= 0.6 is 0 Å². The summed E-state index contributed by atoms with van der Waals surface area (Å²) in [5.74, 6) is -0.229. The van der Waals surface area contributed by atoms with Crippen LogP contribution < -0.4 is 0 Å². The van der Waals surface area contributed by atoms with Crippen molar-refractivity contribution in [2.75, 3.05) is 39.4 Å². The van der Waals surface area contributed by atoms with Gasteiger partial charge < -0.3 is 14.5 Å². The van der Waals surface area contributed by atoms with E-state index in [1.54, 1.807) is 18.3 Å². The number of nitrogens with zero attached hydrogens (tertiary/aromatic N) is 4. The quantitative estimate of drug-likeness (QED) is 0.549. The molecule has 3 fully saturated rings. The van der Waals surface area contributed by atoms with Gasteiger partial charge in [0.1, 0.15) is 5.82 Å². The number of benzene rings is 1. The van der Waals surface area contributed by atoms with E-state index in [0.29, 0.717) is 25.3 Å². The highest BCUT2D eigenvalue weighted by atomic mass is 19.1. The van der Waals surface area contributed by atoms with Crippen molar-refractivity contribution in [2.24, 2.45) is 5.92 Å². The Hall–Kier alpha value is -2.84. The first-order chi connectivity index (χ1) is 18.8. The van der Waals surface area contributed by atoms with Gasteiger partial charge in [0.15, 0.2) is 0 Å². The van der Waals surface area contributed by atoms with E-state index in [1.807, 2.05) is 35.8 Å². The number of hydrogen-bond donors (Lipinski definition) is 0. The standard InChI is InChI=1S/C31H41FN4O3/c1-22-8-14-33-23(2)28(22)30(38)34-17-12-31(3,13-18-34)35-15-9-26(10-16-35)36(29(37)25-11-19-39-21-25)20-24-6-4-5-7-27(24)32/h4-8,14,25-26H,9-13,15-21H2,1-3H3. The van der Waals surface area contributed by atoms with Crippen LogP contribution in [-0.2, 0) is 16.1 Å². The highest BCUT2D eigenvalue weighted by Crippen LogP contribution is 2.34. The van der Waals surface area contributed by atoms with Gasteiger partial charge in [0.25, 0.3) is 5.91 Å². The zero-order valence-electron chi connectivity index (χ0n) is 23.5. The second kappa shape index (κ2) is 11.7. The molecular formula is C31H41FN4O3. The molecule has 1 atom stereocenters. The second-order valence-corrected chi connectivity index (χ2v) is 11.7. The van der Waals surface area contributed by atoms with Gasteiger partial charge in [-0.15, -0.1) is 0 Å². The molecule has 2 amide bonds. The fraction of sp³-hybridized carbons (Fsp3) is 0.581. The van der Waals surface area contributed by atoms with Gasteiger partial charge in [-0.3, -0.25) is 19.5 Å². The first kappa shape index (κ1) is 27.7. The lowest BCUT2D eigenvalue weighted by molar-refractivity contribution is -0.140. The van der Waals surface area contributed by atoms with Crippen molar-refractivity contribution >= 4 is 11.8 Å². The van der Waals surface area contributed by atoms with Gasteiger partial charge in [0.2, 0.25) is 5.91 Å². The number of rotatable bonds is 6. The summed E-state index contributed by atoms with van der Waals surface area (Å²) < 4.78 is 20.1. The molecule has 3 saturated heterocycles. The average Bonchev–Trinajstić information content (AvgIpc) is 3.48. The van der Waals surface area contributed by atoms with Crippen LogP contribution in [0.5, 0.6) is 0 Å². The summed E-state index contributed by atoms with van der Waals surface area (Å²) in [7, 11) is 0. The fourth-order valence-corrected chi connectivity index (χ4v) is 6.56. The molecule has 4 heterocycles. The Labute approximate surface area is 231 Å². The molecule has 0 aliphatic carbocycles. The van der Waals surface area contributed by atoms with E-state index in [-0.39, 0.29) is 35.1 Å². The summed E-state index contributed by atoms with van der Waals surface area (Å²) in [4.78, 5) is 37.6. The third kappa shape index (κ3) is 5.87. The maximum atomic E-state index is 14.6. The van der Waals surface area contributed by atoms with Crippen molar-refractivity contribution in [1.82, 2.24) is 19.7 Å². The van der Waals surface area contributed by atoms with E-state index in [0.717, 1.165) is 75.1 Å². The minimum atomic E-state index is -0.263. The number of piperidine rings is 2. The summed E-state index contributed by atoms with van der Waals surface area (Å²) >= 11 is 0. The molecule has 8 heteroatoms. The minimum Gasteiger partial charge on any atom is -0.381 e. The maximum Gasteiger partial charge on any atom is 0.255 e. The van der Waals surface area contributed by atoms with E-state index in [4.69, 9.17) is 4.74 Å². The van der Waals surface area contributed by atoms with Crippen molar-refractivity contribution in [3.63, 3.8) is 0 Å². The zero-order chi connectivity index (χ0) is 27.6. The number of aryl methyl sites for hydroxylation is 2. The Kier molecular flexibility index (Phi) is 8.33. The van der Waals surface area contributed by atoms with Crippen molar-refractivity contribution in [3.05, 3.63) is 64.7 Å². The second-order valence-electron chi connectivity index (χ2n) is 11.7. The molecule has 210 valence electrons. The van der Waals surface area contributed by atoms with Crippen LogP contribution in [0.1, 0.15) is 66.2 Å². The molecule has 7 nitrogen and oxygen atoms in total. The molecule has 2 aromatic rings. The van der Waals surface area contributed by atoms with Crippen LogP contribution in [0.4, 0.5) is 4.39 Å². The van der Waals surface area contributed by atoms with E-state index in [2.05, 4.69) is 16.8 Å². The van der Waals surface area contributed by atoms with Gasteiger partial charge in [0, 0.05) is 62.7 Å². The smallest absolute Gasteiger partial charge is 0.255 e. The Balaban J connectivity index is 1.22. The molecule has 0 N–H and O–H groups in total. The zero-order valence-corrected chi connectivity index (χ0v) is 23.5. The molecule has 39 heavy (non-hydrogen) atoms. The summed E-state index contributed by atoms with van der Waals surface area (Å²) in [5, 5.41) is 0. The molecule has 1 aromatic heterocycles.